The molecule has 0 radical (unpaired) electrons. The third-order valence-corrected chi connectivity index (χ3v) is 3.29. The topological polar surface area (TPSA) is 29.1 Å². The van der Waals surface area contributed by atoms with E-state index in [0.29, 0.717) is 10.6 Å². The van der Waals surface area contributed by atoms with Gasteiger partial charge in [0.15, 0.2) is 0 Å². The van der Waals surface area contributed by atoms with Crippen LogP contribution in [0.5, 0.6) is 0 Å². The van der Waals surface area contributed by atoms with Crippen LogP contribution in [-0.4, -0.2) is 5.91 Å². The lowest BCUT2D eigenvalue weighted by Crippen LogP contribution is -2.12. The maximum Gasteiger partial charge on any atom is 0.257 e. The fourth-order valence-corrected chi connectivity index (χ4v) is 2.44. The molecule has 17 heavy (non-hydrogen) atoms. The molecule has 2 aromatic carbocycles. The van der Waals surface area contributed by atoms with Gasteiger partial charge in [-0.3, -0.25) is 4.79 Å². The quantitative estimate of drug-likeness (QED) is 0.754. The van der Waals surface area contributed by atoms with Gasteiger partial charge in [-0.05, 0) is 23.3 Å². The molecule has 1 amide bonds. The average molecular weight is 244 g/mol. The normalized spacial score (nSPS) is 13.4. The van der Waals surface area contributed by atoms with Crippen molar-refractivity contribution in [2.45, 2.75) is 6.42 Å². The van der Waals surface area contributed by atoms with Crippen LogP contribution in [0.4, 0.5) is 5.69 Å². The molecule has 0 bridgehead atoms. The molecule has 0 aromatic heterocycles. The second-order valence-electron chi connectivity index (χ2n) is 4.06. The Labute approximate surface area is 104 Å². The molecule has 1 aliphatic rings. The van der Waals surface area contributed by atoms with Gasteiger partial charge in [0, 0.05) is 12.1 Å². The number of nitrogens with one attached hydrogen (secondary N) is 1. The number of rotatable bonds is 0. The molecule has 0 saturated carbocycles. The molecule has 3 rings (SSSR count). The third kappa shape index (κ3) is 1.71. The van der Waals surface area contributed by atoms with E-state index in [0.717, 1.165) is 23.2 Å². The summed E-state index contributed by atoms with van der Waals surface area (Å²) in [5.74, 6) is -0.129. The van der Waals surface area contributed by atoms with Crippen molar-refractivity contribution in [3.8, 4) is 0 Å². The molecule has 84 valence electrons. The molecular formula is C14H10ClNO. The van der Waals surface area contributed by atoms with Crippen LogP contribution in [0, 0.1) is 0 Å². The zero-order chi connectivity index (χ0) is 11.8. The summed E-state index contributed by atoms with van der Waals surface area (Å²) in [5.41, 5.74) is 3.54. The van der Waals surface area contributed by atoms with E-state index in [1.54, 1.807) is 6.07 Å². The second kappa shape index (κ2) is 3.90. The highest BCUT2D eigenvalue weighted by Gasteiger charge is 2.20. The van der Waals surface area contributed by atoms with Crippen LogP contribution in [0.15, 0.2) is 42.5 Å². The predicted molar refractivity (Wildman–Crippen MR) is 68.7 cm³/mol. The summed E-state index contributed by atoms with van der Waals surface area (Å²) in [6, 6.07) is 13.4. The molecule has 1 aliphatic heterocycles. The fraction of sp³-hybridized carbons (Fsp3) is 0.0714. The number of benzene rings is 2. The summed E-state index contributed by atoms with van der Waals surface area (Å²) in [7, 11) is 0. The van der Waals surface area contributed by atoms with Gasteiger partial charge in [0.1, 0.15) is 0 Å². The zero-order valence-corrected chi connectivity index (χ0v) is 9.79. The van der Waals surface area contributed by atoms with Crippen LogP contribution in [0.25, 0.3) is 0 Å². The Kier molecular flexibility index (Phi) is 2.37. The summed E-state index contributed by atoms with van der Waals surface area (Å²) >= 11 is 6.09. The molecule has 0 atom stereocenters. The average Bonchev–Trinajstić information content (AvgIpc) is 2.45. The third-order valence-electron chi connectivity index (χ3n) is 2.97. The lowest BCUT2D eigenvalue weighted by molar-refractivity contribution is 0.102. The van der Waals surface area contributed by atoms with E-state index in [1.807, 2.05) is 36.4 Å². The number of para-hydroxylation sites is 1. The molecular weight excluding hydrogens is 234 g/mol. The van der Waals surface area contributed by atoms with Crippen molar-refractivity contribution >= 4 is 23.2 Å². The van der Waals surface area contributed by atoms with Crippen LogP contribution >= 0.6 is 11.6 Å². The van der Waals surface area contributed by atoms with Crippen molar-refractivity contribution in [3.63, 3.8) is 0 Å². The van der Waals surface area contributed by atoms with Crippen LogP contribution in [0.1, 0.15) is 21.5 Å². The lowest BCUT2D eigenvalue weighted by Gasteiger charge is -2.05. The van der Waals surface area contributed by atoms with Crippen molar-refractivity contribution in [2.24, 2.45) is 0 Å². The minimum absolute atomic E-state index is 0.129. The maximum absolute atomic E-state index is 12.1. The van der Waals surface area contributed by atoms with Crippen molar-refractivity contribution in [1.82, 2.24) is 0 Å². The Hall–Kier alpha value is -1.80. The number of carbonyl (C=O) groups is 1. The Morgan fingerprint density at radius 1 is 1.00 bits per heavy atom. The zero-order valence-electron chi connectivity index (χ0n) is 9.03. The minimum atomic E-state index is -0.129. The highest BCUT2D eigenvalue weighted by molar-refractivity contribution is 6.34. The first-order valence-electron chi connectivity index (χ1n) is 5.42. The predicted octanol–water partition coefficient (Wildman–Crippen LogP) is 3.50. The first-order chi connectivity index (χ1) is 8.25. The second-order valence-corrected chi connectivity index (χ2v) is 4.47. The summed E-state index contributed by atoms with van der Waals surface area (Å²) < 4.78 is 0. The number of hydrogen-bond acceptors (Lipinski definition) is 1. The van der Waals surface area contributed by atoms with E-state index < -0.39 is 0 Å². The Bertz CT molecular complexity index is 607. The smallest absolute Gasteiger partial charge is 0.257 e. The van der Waals surface area contributed by atoms with Crippen molar-refractivity contribution in [1.29, 1.82) is 0 Å². The van der Waals surface area contributed by atoms with Gasteiger partial charge >= 0.3 is 0 Å². The Morgan fingerprint density at radius 2 is 1.76 bits per heavy atom. The van der Waals surface area contributed by atoms with E-state index >= 15 is 0 Å². The number of halogens is 1. The van der Waals surface area contributed by atoms with E-state index in [1.165, 1.54) is 0 Å². The number of amides is 1. The first kappa shape index (κ1) is 10.4. The van der Waals surface area contributed by atoms with Gasteiger partial charge in [-0.25, -0.2) is 0 Å². The molecule has 0 fully saturated rings. The molecule has 2 aromatic rings. The van der Waals surface area contributed by atoms with Crippen molar-refractivity contribution in [2.75, 3.05) is 5.32 Å². The molecule has 0 unspecified atom stereocenters. The van der Waals surface area contributed by atoms with E-state index in [9.17, 15) is 4.79 Å². The SMILES string of the molecule is O=C1Nc2ccccc2Cc2cccc(Cl)c21. The molecule has 1 N–H and O–H groups in total. The van der Waals surface area contributed by atoms with Crippen LogP contribution in [-0.2, 0) is 6.42 Å². The van der Waals surface area contributed by atoms with Crippen LogP contribution in [0.2, 0.25) is 5.02 Å². The largest absolute Gasteiger partial charge is 0.322 e. The highest BCUT2D eigenvalue weighted by Crippen LogP contribution is 2.29. The molecule has 0 saturated heterocycles. The van der Waals surface area contributed by atoms with Gasteiger partial charge in [0.05, 0.1) is 10.6 Å². The van der Waals surface area contributed by atoms with Gasteiger partial charge in [0.25, 0.3) is 5.91 Å². The van der Waals surface area contributed by atoms with Gasteiger partial charge in [-0.15, -0.1) is 0 Å². The number of fused-ring (bicyclic) bond motifs is 2. The number of anilines is 1. The maximum atomic E-state index is 12.1. The van der Waals surface area contributed by atoms with Crippen LogP contribution in [0.3, 0.4) is 0 Å². The summed E-state index contributed by atoms with van der Waals surface area (Å²) in [5, 5.41) is 3.40. The molecule has 2 nitrogen and oxygen atoms in total. The van der Waals surface area contributed by atoms with Gasteiger partial charge in [-0.2, -0.15) is 0 Å². The van der Waals surface area contributed by atoms with E-state index in [2.05, 4.69) is 5.32 Å². The van der Waals surface area contributed by atoms with Gasteiger partial charge in [-0.1, -0.05) is 41.9 Å². The number of carbonyl (C=O) groups excluding carboxylic acids is 1. The molecule has 3 heteroatoms. The van der Waals surface area contributed by atoms with E-state index in [4.69, 9.17) is 11.6 Å². The Balaban J connectivity index is 2.21. The molecule has 1 heterocycles. The fourth-order valence-electron chi connectivity index (χ4n) is 2.16. The van der Waals surface area contributed by atoms with Crippen LogP contribution < -0.4 is 5.32 Å². The lowest BCUT2D eigenvalue weighted by atomic mass is 10.0. The standard InChI is InChI=1S/C14H10ClNO/c15-11-6-3-5-10-8-9-4-1-2-7-12(9)16-14(17)13(10)11/h1-7H,8H2,(H,16,17). The minimum Gasteiger partial charge on any atom is -0.322 e. The highest BCUT2D eigenvalue weighted by atomic mass is 35.5. The first-order valence-corrected chi connectivity index (χ1v) is 5.80. The van der Waals surface area contributed by atoms with E-state index in [-0.39, 0.29) is 5.91 Å². The number of hydrogen-bond donors (Lipinski definition) is 1. The van der Waals surface area contributed by atoms with Crippen molar-refractivity contribution < 1.29 is 4.79 Å². The molecule has 0 spiro atoms. The summed E-state index contributed by atoms with van der Waals surface area (Å²) in [6.45, 7) is 0. The monoisotopic (exact) mass is 243 g/mol. The van der Waals surface area contributed by atoms with Crippen molar-refractivity contribution in [3.05, 3.63) is 64.2 Å². The Morgan fingerprint density at radius 3 is 2.65 bits per heavy atom. The summed E-state index contributed by atoms with van der Waals surface area (Å²) in [4.78, 5) is 12.1. The summed E-state index contributed by atoms with van der Waals surface area (Å²) in [6.07, 6.45) is 0.727. The molecule has 0 aliphatic carbocycles. The van der Waals surface area contributed by atoms with Gasteiger partial charge < -0.3 is 5.32 Å². The van der Waals surface area contributed by atoms with Gasteiger partial charge in [0.2, 0.25) is 0 Å².